The molecule has 1 saturated heterocycles. The summed E-state index contributed by atoms with van der Waals surface area (Å²) in [6, 6.07) is 14.5. The lowest BCUT2D eigenvalue weighted by molar-refractivity contribution is 0.102. The Morgan fingerprint density at radius 3 is 2.46 bits per heavy atom. The molecule has 3 rings (SSSR count). The van der Waals surface area contributed by atoms with Crippen LogP contribution in [0.4, 0.5) is 11.4 Å². The van der Waals surface area contributed by atoms with Gasteiger partial charge in [-0.05, 0) is 54.7 Å². The number of nitrogens with one attached hydrogen (secondary N) is 1. The topological polar surface area (TPSA) is 66.5 Å². The van der Waals surface area contributed by atoms with Crippen LogP contribution in [0.2, 0.25) is 0 Å². The summed E-state index contributed by atoms with van der Waals surface area (Å²) in [7, 11) is -3.29. The predicted octanol–water partition coefficient (Wildman–Crippen LogP) is 3.99. The summed E-state index contributed by atoms with van der Waals surface area (Å²) in [5, 5.41) is 2.87. The second-order valence-corrected chi connectivity index (χ2v) is 8.89. The summed E-state index contributed by atoms with van der Waals surface area (Å²) in [5.41, 5.74) is 2.92. The van der Waals surface area contributed by atoms with Crippen molar-refractivity contribution < 1.29 is 13.2 Å². The average molecular weight is 372 g/mol. The molecule has 0 radical (unpaired) electrons. The highest BCUT2D eigenvalue weighted by Gasteiger charge is 2.26. The third-order valence-electron chi connectivity index (χ3n) is 4.58. The lowest BCUT2D eigenvalue weighted by atomic mass is 10.0. The minimum absolute atomic E-state index is 0.158. The van der Waals surface area contributed by atoms with Crippen molar-refractivity contribution in [2.45, 2.75) is 32.6 Å². The monoisotopic (exact) mass is 372 g/mol. The van der Waals surface area contributed by atoms with Crippen LogP contribution in [0.15, 0.2) is 48.5 Å². The van der Waals surface area contributed by atoms with Gasteiger partial charge in [-0.25, -0.2) is 8.42 Å². The molecule has 1 heterocycles. The average Bonchev–Trinajstić information content (AvgIpc) is 2.62. The molecule has 1 N–H and O–H groups in total. The van der Waals surface area contributed by atoms with E-state index in [0.29, 0.717) is 30.1 Å². The Labute approximate surface area is 155 Å². The van der Waals surface area contributed by atoms with Crippen molar-refractivity contribution in [2.75, 3.05) is 21.9 Å². The molecule has 2 aromatic carbocycles. The molecular formula is C20H24N2O3S. The number of amides is 1. The molecule has 0 aromatic heterocycles. The smallest absolute Gasteiger partial charge is 0.255 e. The van der Waals surface area contributed by atoms with E-state index in [9.17, 15) is 13.2 Å². The molecule has 6 heteroatoms. The predicted molar refractivity (Wildman–Crippen MR) is 105 cm³/mol. The van der Waals surface area contributed by atoms with Gasteiger partial charge in [0, 0.05) is 17.8 Å². The third kappa shape index (κ3) is 4.07. The summed E-state index contributed by atoms with van der Waals surface area (Å²) >= 11 is 0. The fraction of sp³-hybridized carbons (Fsp3) is 0.350. The molecule has 1 fully saturated rings. The van der Waals surface area contributed by atoms with E-state index >= 15 is 0 Å². The van der Waals surface area contributed by atoms with E-state index in [2.05, 4.69) is 19.2 Å². The second kappa shape index (κ2) is 7.50. The SMILES string of the molecule is CC(C)c1ccc(NC(=O)c2cccc(N3CCCCS3(=O)=O)c2)cc1. The van der Waals surface area contributed by atoms with Gasteiger partial charge in [0.1, 0.15) is 0 Å². The van der Waals surface area contributed by atoms with E-state index in [1.165, 1.54) is 9.87 Å². The molecule has 0 spiro atoms. The van der Waals surface area contributed by atoms with Crippen LogP contribution in [0.5, 0.6) is 0 Å². The Morgan fingerprint density at radius 1 is 1.08 bits per heavy atom. The Hall–Kier alpha value is -2.34. The maximum Gasteiger partial charge on any atom is 0.255 e. The zero-order valence-electron chi connectivity index (χ0n) is 15.1. The number of hydrogen-bond acceptors (Lipinski definition) is 3. The molecular weight excluding hydrogens is 348 g/mol. The number of rotatable bonds is 4. The molecule has 0 unspecified atom stereocenters. The van der Waals surface area contributed by atoms with E-state index in [4.69, 9.17) is 0 Å². The first-order valence-corrected chi connectivity index (χ1v) is 10.5. The number of nitrogens with zero attached hydrogens (tertiary/aromatic N) is 1. The van der Waals surface area contributed by atoms with Gasteiger partial charge in [-0.3, -0.25) is 9.10 Å². The van der Waals surface area contributed by atoms with Crippen LogP contribution in [0, 0.1) is 0 Å². The van der Waals surface area contributed by atoms with Crippen molar-refractivity contribution >= 4 is 27.3 Å². The number of carbonyl (C=O) groups excluding carboxylic acids is 1. The molecule has 138 valence electrons. The Balaban J connectivity index is 1.78. The van der Waals surface area contributed by atoms with E-state index < -0.39 is 10.0 Å². The van der Waals surface area contributed by atoms with Crippen LogP contribution in [0.25, 0.3) is 0 Å². The maximum atomic E-state index is 12.6. The largest absolute Gasteiger partial charge is 0.322 e. The lowest BCUT2D eigenvalue weighted by Crippen LogP contribution is -2.37. The van der Waals surface area contributed by atoms with Gasteiger partial charge in [0.15, 0.2) is 0 Å². The van der Waals surface area contributed by atoms with Crippen LogP contribution in [0.1, 0.15) is 48.5 Å². The Kier molecular flexibility index (Phi) is 5.32. The molecule has 26 heavy (non-hydrogen) atoms. The highest BCUT2D eigenvalue weighted by Crippen LogP contribution is 2.25. The van der Waals surface area contributed by atoms with Crippen molar-refractivity contribution in [1.29, 1.82) is 0 Å². The van der Waals surface area contributed by atoms with Crippen LogP contribution in [0.3, 0.4) is 0 Å². The molecule has 2 aromatic rings. The van der Waals surface area contributed by atoms with Gasteiger partial charge in [-0.15, -0.1) is 0 Å². The number of anilines is 2. The molecule has 0 saturated carbocycles. The van der Waals surface area contributed by atoms with Crippen LogP contribution < -0.4 is 9.62 Å². The molecule has 1 aliphatic heterocycles. The van der Waals surface area contributed by atoms with Gasteiger partial charge >= 0.3 is 0 Å². The summed E-state index contributed by atoms with van der Waals surface area (Å²) < 4.78 is 25.9. The summed E-state index contributed by atoms with van der Waals surface area (Å²) in [5.74, 6) is 0.340. The van der Waals surface area contributed by atoms with Gasteiger partial charge in [0.25, 0.3) is 5.91 Å². The van der Waals surface area contributed by atoms with Gasteiger partial charge in [-0.1, -0.05) is 32.0 Å². The number of hydrogen-bond donors (Lipinski definition) is 1. The fourth-order valence-corrected chi connectivity index (χ4v) is 4.67. The molecule has 5 nitrogen and oxygen atoms in total. The van der Waals surface area contributed by atoms with Crippen molar-refractivity contribution in [3.63, 3.8) is 0 Å². The maximum absolute atomic E-state index is 12.6. The first-order valence-electron chi connectivity index (χ1n) is 8.88. The third-order valence-corrected chi connectivity index (χ3v) is 6.45. The number of carbonyl (C=O) groups is 1. The summed E-state index contributed by atoms with van der Waals surface area (Å²) in [6.45, 7) is 4.70. The highest BCUT2D eigenvalue weighted by atomic mass is 32.2. The van der Waals surface area contributed by atoms with Gasteiger partial charge in [0.05, 0.1) is 11.4 Å². The minimum atomic E-state index is -3.29. The molecule has 0 aliphatic carbocycles. The van der Waals surface area contributed by atoms with Crippen molar-refractivity contribution in [1.82, 2.24) is 0 Å². The van der Waals surface area contributed by atoms with Gasteiger partial charge in [0.2, 0.25) is 10.0 Å². The first-order chi connectivity index (χ1) is 12.4. The highest BCUT2D eigenvalue weighted by molar-refractivity contribution is 7.92. The van der Waals surface area contributed by atoms with Crippen LogP contribution in [-0.2, 0) is 10.0 Å². The number of sulfonamides is 1. The normalized spacial score (nSPS) is 16.5. The first kappa shape index (κ1) is 18.5. The zero-order chi connectivity index (χ0) is 18.7. The molecule has 0 bridgehead atoms. The van der Waals surface area contributed by atoms with Gasteiger partial charge in [-0.2, -0.15) is 0 Å². The summed E-state index contributed by atoms with van der Waals surface area (Å²) in [6.07, 6.45) is 1.52. The standard InChI is InChI=1S/C20H24N2O3S/c1-15(2)16-8-10-18(11-9-16)21-20(23)17-6-5-7-19(14-17)22-12-3-4-13-26(22,24)25/h5-11,14-15H,3-4,12-13H2,1-2H3,(H,21,23). The molecule has 0 atom stereocenters. The lowest BCUT2D eigenvalue weighted by Gasteiger charge is -2.28. The van der Waals surface area contributed by atoms with E-state index in [1.54, 1.807) is 24.3 Å². The van der Waals surface area contributed by atoms with Crippen molar-refractivity contribution in [3.05, 3.63) is 59.7 Å². The number of benzene rings is 2. The second-order valence-electron chi connectivity index (χ2n) is 6.88. The van der Waals surface area contributed by atoms with E-state index in [1.807, 2.05) is 24.3 Å². The van der Waals surface area contributed by atoms with Gasteiger partial charge < -0.3 is 5.32 Å². The van der Waals surface area contributed by atoms with Crippen LogP contribution >= 0.6 is 0 Å². The van der Waals surface area contributed by atoms with E-state index in [-0.39, 0.29) is 11.7 Å². The van der Waals surface area contributed by atoms with Crippen molar-refractivity contribution in [2.24, 2.45) is 0 Å². The molecule has 1 amide bonds. The van der Waals surface area contributed by atoms with Crippen LogP contribution in [-0.4, -0.2) is 26.6 Å². The van der Waals surface area contributed by atoms with E-state index in [0.717, 1.165) is 12.1 Å². The molecule has 1 aliphatic rings. The quantitative estimate of drug-likeness (QED) is 0.882. The summed E-state index contributed by atoms with van der Waals surface area (Å²) in [4.78, 5) is 12.6. The Bertz CT molecular complexity index is 890. The minimum Gasteiger partial charge on any atom is -0.322 e. The zero-order valence-corrected chi connectivity index (χ0v) is 15.9. The Morgan fingerprint density at radius 2 is 1.81 bits per heavy atom. The fourth-order valence-electron chi connectivity index (χ4n) is 3.04. The van der Waals surface area contributed by atoms with Crippen molar-refractivity contribution in [3.8, 4) is 0 Å².